The lowest BCUT2D eigenvalue weighted by molar-refractivity contribution is 0.0544. The van der Waals surface area contributed by atoms with Gasteiger partial charge >= 0.3 is 6.09 Å². The fourth-order valence-electron chi connectivity index (χ4n) is 3.20. The van der Waals surface area contributed by atoms with E-state index in [4.69, 9.17) is 4.74 Å². The number of nitrogens with one attached hydrogen (secondary N) is 1. The van der Waals surface area contributed by atoms with Crippen molar-refractivity contribution in [2.75, 3.05) is 0 Å². The van der Waals surface area contributed by atoms with Gasteiger partial charge in [0.2, 0.25) is 5.88 Å². The van der Waals surface area contributed by atoms with Gasteiger partial charge in [-0.2, -0.15) is 0 Å². The van der Waals surface area contributed by atoms with E-state index in [2.05, 4.69) is 9.97 Å². The van der Waals surface area contributed by atoms with E-state index < -0.39 is 11.7 Å². The zero-order valence-electron chi connectivity index (χ0n) is 17.4. The fourth-order valence-corrected chi connectivity index (χ4v) is 3.20. The van der Waals surface area contributed by atoms with Crippen molar-refractivity contribution in [3.05, 3.63) is 57.8 Å². The molecule has 0 unspecified atom stereocenters. The topological polar surface area (TPSA) is 97.2 Å². The van der Waals surface area contributed by atoms with E-state index in [-0.39, 0.29) is 23.8 Å². The Morgan fingerprint density at radius 3 is 2.62 bits per heavy atom. The van der Waals surface area contributed by atoms with Crippen molar-refractivity contribution in [1.82, 2.24) is 14.5 Å². The molecular formula is C22H27N3O4. The van der Waals surface area contributed by atoms with E-state index in [0.29, 0.717) is 23.3 Å². The van der Waals surface area contributed by atoms with Gasteiger partial charge in [-0.1, -0.05) is 32.0 Å². The Morgan fingerprint density at radius 1 is 1.28 bits per heavy atom. The number of hydrogen-bond donors (Lipinski definition) is 2. The lowest BCUT2D eigenvalue weighted by Crippen LogP contribution is -2.26. The number of aromatic hydroxyl groups is 1. The van der Waals surface area contributed by atoms with Crippen molar-refractivity contribution in [3.63, 3.8) is 0 Å². The second-order valence-electron chi connectivity index (χ2n) is 8.61. The second kappa shape index (κ2) is 7.73. The van der Waals surface area contributed by atoms with Crippen molar-refractivity contribution in [1.29, 1.82) is 0 Å². The molecule has 2 aromatic heterocycles. The number of fused-ring (bicyclic) bond motifs is 1. The molecule has 0 aliphatic rings. The maximum Gasteiger partial charge on any atom is 0.419 e. The first-order valence-corrected chi connectivity index (χ1v) is 9.68. The first-order valence-electron chi connectivity index (χ1n) is 9.68. The Kier molecular flexibility index (Phi) is 5.50. The van der Waals surface area contributed by atoms with Crippen LogP contribution in [0.1, 0.15) is 51.6 Å². The van der Waals surface area contributed by atoms with Crippen LogP contribution < -0.4 is 5.56 Å². The van der Waals surface area contributed by atoms with Gasteiger partial charge in [0, 0.05) is 18.0 Å². The monoisotopic (exact) mass is 397 g/mol. The van der Waals surface area contributed by atoms with Gasteiger partial charge in [-0.05, 0) is 44.7 Å². The molecule has 29 heavy (non-hydrogen) atoms. The predicted octanol–water partition coefficient (Wildman–Crippen LogP) is 4.00. The largest absolute Gasteiger partial charge is 0.492 e. The molecule has 0 fully saturated rings. The number of hydrogen-bond acceptors (Lipinski definition) is 5. The Morgan fingerprint density at radius 2 is 1.97 bits per heavy atom. The van der Waals surface area contributed by atoms with Crippen LogP contribution in [0.15, 0.2) is 35.3 Å². The lowest BCUT2D eigenvalue weighted by atomic mass is 10.1. The molecule has 3 aromatic rings. The molecule has 7 nitrogen and oxygen atoms in total. The van der Waals surface area contributed by atoms with Crippen LogP contribution in [0.5, 0.6) is 5.88 Å². The predicted molar refractivity (Wildman–Crippen MR) is 111 cm³/mol. The molecular weight excluding hydrogens is 370 g/mol. The maximum absolute atomic E-state index is 12.6. The van der Waals surface area contributed by atoms with Crippen LogP contribution in [0.2, 0.25) is 0 Å². The van der Waals surface area contributed by atoms with Gasteiger partial charge in [0.25, 0.3) is 5.56 Å². The summed E-state index contributed by atoms with van der Waals surface area (Å²) in [5, 5.41) is 11.2. The molecule has 0 spiro atoms. The molecule has 0 amide bonds. The average molecular weight is 397 g/mol. The number of aromatic nitrogens is 3. The molecule has 2 N–H and O–H groups in total. The summed E-state index contributed by atoms with van der Waals surface area (Å²) in [6.45, 7) is 9.40. The third kappa shape index (κ3) is 4.67. The van der Waals surface area contributed by atoms with Crippen molar-refractivity contribution in [2.24, 2.45) is 5.92 Å². The van der Waals surface area contributed by atoms with Gasteiger partial charge in [0.1, 0.15) is 11.3 Å². The molecule has 0 bridgehead atoms. The molecule has 1 aromatic carbocycles. The number of ether oxygens (including phenoxy) is 1. The molecule has 3 rings (SSSR count). The minimum atomic E-state index is -0.623. The number of rotatable bonds is 4. The minimum Gasteiger partial charge on any atom is -0.492 e. The van der Waals surface area contributed by atoms with Crippen LogP contribution in [0, 0.1) is 5.92 Å². The van der Waals surface area contributed by atoms with E-state index in [1.165, 1.54) is 4.57 Å². The molecule has 2 heterocycles. The summed E-state index contributed by atoms with van der Waals surface area (Å²) >= 11 is 0. The van der Waals surface area contributed by atoms with Crippen molar-refractivity contribution >= 4 is 17.0 Å². The van der Waals surface area contributed by atoms with E-state index in [0.717, 1.165) is 10.9 Å². The van der Waals surface area contributed by atoms with Crippen molar-refractivity contribution in [2.45, 2.75) is 53.1 Å². The third-order valence-electron chi connectivity index (χ3n) is 4.39. The van der Waals surface area contributed by atoms with Crippen LogP contribution in [-0.2, 0) is 17.6 Å². The van der Waals surface area contributed by atoms with Crippen LogP contribution >= 0.6 is 0 Å². The molecule has 0 radical (unpaired) electrons. The van der Waals surface area contributed by atoms with Gasteiger partial charge in [-0.15, -0.1) is 0 Å². The molecule has 7 heteroatoms. The molecule has 0 saturated carbocycles. The van der Waals surface area contributed by atoms with Gasteiger partial charge in [-0.3, -0.25) is 9.36 Å². The highest BCUT2D eigenvalue weighted by Crippen LogP contribution is 2.26. The highest BCUT2D eigenvalue weighted by atomic mass is 16.6. The number of H-pyrrole nitrogens is 1. The van der Waals surface area contributed by atoms with Crippen LogP contribution in [0.3, 0.4) is 0 Å². The van der Waals surface area contributed by atoms with Crippen molar-refractivity contribution < 1.29 is 14.6 Å². The SMILES string of the molecule is CC(C)Cc1nc(O)c(Cc2cn(C(=O)OC(C)(C)C)c3ccccc23)[nH]c1=O. The number of carbonyl (C=O) groups is 1. The quantitative estimate of drug-likeness (QED) is 0.693. The first kappa shape index (κ1) is 20.6. The first-order chi connectivity index (χ1) is 13.5. The zero-order chi connectivity index (χ0) is 21.3. The average Bonchev–Trinajstić information content (AvgIpc) is 2.96. The Balaban J connectivity index is 2.00. The van der Waals surface area contributed by atoms with Crippen LogP contribution in [0.25, 0.3) is 10.9 Å². The van der Waals surface area contributed by atoms with Crippen molar-refractivity contribution in [3.8, 4) is 5.88 Å². The van der Waals surface area contributed by atoms with E-state index in [1.54, 1.807) is 6.20 Å². The van der Waals surface area contributed by atoms with Gasteiger partial charge in [-0.25, -0.2) is 9.78 Å². The molecule has 0 atom stereocenters. The summed E-state index contributed by atoms with van der Waals surface area (Å²) in [6.07, 6.45) is 1.91. The van der Waals surface area contributed by atoms with Gasteiger partial charge < -0.3 is 14.8 Å². The highest BCUT2D eigenvalue weighted by Gasteiger charge is 2.21. The third-order valence-corrected chi connectivity index (χ3v) is 4.39. The van der Waals surface area contributed by atoms with E-state index in [9.17, 15) is 14.7 Å². The Labute approximate surface area is 169 Å². The second-order valence-corrected chi connectivity index (χ2v) is 8.61. The van der Waals surface area contributed by atoms with Crippen LogP contribution in [0.4, 0.5) is 4.79 Å². The molecule has 154 valence electrons. The summed E-state index contributed by atoms with van der Waals surface area (Å²) in [7, 11) is 0. The number of aromatic amines is 1. The minimum absolute atomic E-state index is 0.200. The summed E-state index contributed by atoms with van der Waals surface area (Å²) in [5.41, 5.74) is 1.18. The summed E-state index contributed by atoms with van der Waals surface area (Å²) < 4.78 is 6.95. The smallest absolute Gasteiger partial charge is 0.419 e. The summed E-state index contributed by atoms with van der Waals surface area (Å²) in [6, 6.07) is 7.43. The van der Waals surface area contributed by atoms with E-state index >= 15 is 0 Å². The molecule has 0 aliphatic heterocycles. The lowest BCUT2D eigenvalue weighted by Gasteiger charge is -2.19. The highest BCUT2D eigenvalue weighted by molar-refractivity contribution is 5.92. The number of carbonyl (C=O) groups excluding carboxylic acids is 1. The Hall–Kier alpha value is -3.09. The van der Waals surface area contributed by atoms with E-state index in [1.807, 2.05) is 58.9 Å². The normalized spacial score (nSPS) is 11.9. The molecule has 0 aliphatic carbocycles. The number of benzene rings is 1. The summed E-state index contributed by atoms with van der Waals surface area (Å²) in [4.78, 5) is 31.8. The summed E-state index contributed by atoms with van der Waals surface area (Å²) in [5.74, 6) is 0.0509. The number of nitrogens with zero attached hydrogens (tertiary/aromatic N) is 2. The fraction of sp³-hybridized carbons (Fsp3) is 0.409. The zero-order valence-corrected chi connectivity index (χ0v) is 17.4. The molecule has 0 saturated heterocycles. The maximum atomic E-state index is 12.6. The number of para-hydroxylation sites is 1. The van der Waals surface area contributed by atoms with Crippen LogP contribution in [-0.4, -0.2) is 31.3 Å². The standard InChI is InChI=1S/C22H27N3O4/c1-13(2)10-16-19(26)24-17(20(27)23-16)11-14-12-25(21(28)29-22(3,4)5)18-9-7-6-8-15(14)18/h6-9,12-13H,10-11H2,1-5H3,(H,23,27)(H,24,26). The van der Waals surface area contributed by atoms with Gasteiger partial charge in [0.05, 0.1) is 11.2 Å². The Bertz CT molecular complexity index is 1100. The van der Waals surface area contributed by atoms with Gasteiger partial charge in [0.15, 0.2) is 0 Å².